The van der Waals surface area contributed by atoms with Gasteiger partial charge in [0.05, 0.1) is 0 Å². The molecule has 0 radical (unpaired) electrons. The molecular formula is C15H34IP. The summed E-state index contributed by atoms with van der Waals surface area (Å²) in [6.45, 7) is 4.69. The van der Waals surface area contributed by atoms with Gasteiger partial charge < -0.3 is 0 Å². The molecule has 0 saturated carbocycles. The lowest BCUT2D eigenvalue weighted by Crippen LogP contribution is -1.95. The molecule has 0 nitrogen and oxygen atoms in total. The van der Waals surface area contributed by atoms with E-state index >= 15 is 0 Å². The molecule has 2 unspecified atom stereocenters. The van der Waals surface area contributed by atoms with E-state index in [1.807, 2.05) is 0 Å². The summed E-state index contributed by atoms with van der Waals surface area (Å²) in [4.78, 5) is 0. The molecule has 0 aromatic rings. The molecule has 0 bridgehead atoms. The van der Waals surface area contributed by atoms with Crippen LogP contribution in [0.15, 0.2) is 0 Å². The highest BCUT2D eigenvalue weighted by molar-refractivity contribution is 14.0. The van der Waals surface area contributed by atoms with Crippen molar-refractivity contribution < 1.29 is 0 Å². The average Bonchev–Trinajstić information content (AvgIpc) is 2.27. The van der Waals surface area contributed by atoms with E-state index in [1.54, 1.807) is 0 Å². The summed E-state index contributed by atoms with van der Waals surface area (Å²) >= 11 is 0. The van der Waals surface area contributed by atoms with E-state index in [-0.39, 0.29) is 24.0 Å². The van der Waals surface area contributed by atoms with Crippen molar-refractivity contribution in [1.29, 1.82) is 0 Å². The Morgan fingerprint density at radius 3 is 1.71 bits per heavy atom. The Kier molecular flexibility index (Phi) is 20.7. The largest absolute Gasteiger partial charge is 0.138 e. The molecule has 17 heavy (non-hydrogen) atoms. The summed E-state index contributed by atoms with van der Waals surface area (Å²) in [6, 6.07) is 0. The minimum atomic E-state index is 0. The maximum absolute atomic E-state index is 2.84. The molecule has 0 rings (SSSR count). The molecule has 2 heteroatoms. The lowest BCUT2D eigenvalue weighted by Gasteiger charge is -2.09. The first-order chi connectivity index (χ1) is 7.81. The highest BCUT2D eigenvalue weighted by Crippen LogP contribution is 2.16. The fraction of sp³-hybridized carbons (Fsp3) is 1.00. The summed E-state index contributed by atoms with van der Waals surface area (Å²) in [5, 5.41) is 0. The summed E-state index contributed by atoms with van der Waals surface area (Å²) < 4.78 is 0. The summed E-state index contributed by atoms with van der Waals surface area (Å²) in [6.07, 6.45) is 17.2. The number of unbranched alkanes of at least 4 members (excludes halogenated alkanes) is 8. The van der Waals surface area contributed by atoms with Crippen LogP contribution in [0.1, 0.15) is 84.5 Å². The van der Waals surface area contributed by atoms with Gasteiger partial charge in [-0.15, -0.1) is 33.2 Å². The quantitative estimate of drug-likeness (QED) is 0.210. The van der Waals surface area contributed by atoms with Crippen molar-refractivity contribution in [2.45, 2.75) is 84.5 Å². The fourth-order valence-electron chi connectivity index (χ4n) is 2.23. The first-order valence-corrected chi connectivity index (χ1v) is 8.33. The van der Waals surface area contributed by atoms with E-state index in [1.165, 1.54) is 76.8 Å². The van der Waals surface area contributed by atoms with E-state index < -0.39 is 0 Å². The molecule has 0 aliphatic carbocycles. The average molecular weight is 372 g/mol. The summed E-state index contributed by atoms with van der Waals surface area (Å²) in [7, 11) is 2.84. The minimum absolute atomic E-state index is 0. The van der Waals surface area contributed by atoms with Crippen LogP contribution in [0, 0.1) is 5.92 Å². The van der Waals surface area contributed by atoms with Crippen LogP contribution in [0.3, 0.4) is 0 Å². The minimum Gasteiger partial charge on any atom is -0.138 e. The maximum Gasteiger partial charge on any atom is -0.0379 e. The number of hydrogen-bond donors (Lipinski definition) is 0. The zero-order chi connectivity index (χ0) is 12.1. The smallest absolute Gasteiger partial charge is 0.0379 e. The Morgan fingerprint density at radius 1 is 0.765 bits per heavy atom. The van der Waals surface area contributed by atoms with E-state index in [9.17, 15) is 0 Å². The van der Waals surface area contributed by atoms with Crippen LogP contribution in [0.25, 0.3) is 0 Å². The lowest BCUT2D eigenvalue weighted by atomic mass is 9.99. The predicted molar refractivity (Wildman–Crippen MR) is 95.6 cm³/mol. The molecule has 0 N–H and O–H groups in total. The van der Waals surface area contributed by atoms with Gasteiger partial charge >= 0.3 is 0 Å². The molecule has 0 aliphatic rings. The van der Waals surface area contributed by atoms with Crippen LogP contribution < -0.4 is 0 Å². The highest BCUT2D eigenvalue weighted by atomic mass is 127. The number of rotatable bonds is 12. The van der Waals surface area contributed by atoms with E-state index in [0.717, 1.165) is 5.92 Å². The van der Waals surface area contributed by atoms with Crippen LogP contribution in [0.4, 0.5) is 0 Å². The highest BCUT2D eigenvalue weighted by Gasteiger charge is 1.99. The SMILES string of the molecule is CCCCCCCCCCCC(C)CCP.I. The van der Waals surface area contributed by atoms with Gasteiger partial charge in [0.15, 0.2) is 0 Å². The van der Waals surface area contributed by atoms with Crippen molar-refractivity contribution in [2.24, 2.45) is 5.92 Å². The standard InChI is InChI=1S/C15H33P.HI/c1-3-4-5-6-7-8-9-10-11-12-15(2)13-14-16;/h15H,3-14,16H2,1-2H3;1H. The van der Waals surface area contributed by atoms with Crippen molar-refractivity contribution in [3.05, 3.63) is 0 Å². The topological polar surface area (TPSA) is 0 Å². The van der Waals surface area contributed by atoms with Crippen LogP contribution in [-0.4, -0.2) is 6.16 Å². The van der Waals surface area contributed by atoms with Gasteiger partial charge in [0.1, 0.15) is 0 Å². The van der Waals surface area contributed by atoms with Gasteiger partial charge in [0.25, 0.3) is 0 Å². The van der Waals surface area contributed by atoms with Crippen molar-refractivity contribution >= 4 is 33.2 Å². The second kappa shape index (κ2) is 17.2. The zero-order valence-corrected chi connectivity index (χ0v) is 15.5. The van der Waals surface area contributed by atoms with Crippen molar-refractivity contribution in [1.82, 2.24) is 0 Å². The zero-order valence-electron chi connectivity index (χ0n) is 12.0. The van der Waals surface area contributed by atoms with Gasteiger partial charge in [-0.25, -0.2) is 0 Å². The fourth-order valence-corrected chi connectivity index (χ4v) is 2.80. The molecule has 0 spiro atoms. The Morgan fingerprint density at radius 2 is 1.24 bits per heavy atom. The van der Waals surface area contributed by atoms with Gasteiger partial charge in [-0.2, -0.15) is 0 Å². The van der Waals surface area contributed by atoms with E-state index in [2.05, 4.69) is 23.1 Å². The molecule has 2 atom stereocenters. The molecule has 0 fully saturated rings. The van der Waals surface area contributed by atoms with Gasteiger partial charge in [-0.05, 0) is 18.5 Å². The van der Waals surface area contributed by atoms with Gasteiger partial charge in [0, 0.05) is 0 Å². The normalized spacial score (nSPS) is 12.2. The van der Waals surface area contributed by atoms with Crippen LogP contribution in [0.2, 0.25) is 0 Å². The third-order valence-electron chi connectivity index (χ3n) is 3.46. The van der Waals surface area contributed by atoms with E-state index in [0.29, 0.717) is 0 Å². The Balaban J connectivity index is 0. The third kappa shape index (κ3) is 17.2. The first-order valence-electron chi connectivity index (χ1n) is 7.51. The number of halogens is 1. The molecule has 0 amide bonds. The first kappa shape index (κ1) is 20.5. The Bertz CT molecular complexity index is 128. The monoisotopic (exact) mass is 372 g/mol. The van der Waals surface area contributed by atoms with Gasteiger partial charge in [-0.3, -0.25) is 0 Å². The molecule has 106 valence electrons. The maximum atomic E-state index is 2.84. The molecule has 0 heterocycles. The molecule has 0 aromatic heterocycles. The van der Waals surface area contributed by atoms with Gasteiger partial charge in [0.2, 0.25) is 0 Å². The second-order valence-electron chi connectivity index (χ2n) is 5.30. The van der Waals surface area contributed by atoms with Crippen LogP contribution >= 0.6 is 33.2 Å². The Hall–Kier alpha value is 1.16. The Labute approximate surface area is 129 Å². The van der Waals surface area contributed by atoms with Crippen LogP contribution in [0.5, 0.6) is 0 Å². The van der Waals surface area contributed by atoms with E-state index in [4.69, 9.17) is 0 Å². The van der Waals surface area contributed by atoms with Crippen molar-refractivity contribution in [3.8, 4) is 0 Å². The predicted octanol–water partition coefficient (Wildman–Crippen LogP) is 6.43. The summed E-state index contributed by atoms with van der Waals surface area (Å²) in [5.74, 6) is 0.946. The van der Waals surface area contributed by atoms with Crippen LogP contribution in [-0.2, 0) is 0 Å². The van der Waals surface area contributed by atoms with Crippen molar-refractivity contribution in [3.63, 3.8) is 0 Å². The molecule has 0 aromatic carbocycles. The second-order valence-corrected chi connectivity index (χ2v) is 5.88. The molecule has 0 aliphatic heterocycles. The van der Waals surface area contributed by atoms with Gasteiger partial charge in [-0.1, -0.05) is 78.1 Å². The summed E-state index contributed by atoms with van der Waals surface area (Å²) in [5.41, 5.74) is 0. The lowest BCUT2D eigenvalue weighted by molar-refractivity contribution is 0.472. The third-order valence-corrected chi connectivity index (χ3v) is 3.79. The number of hydrogen-bond acceptors (Lipinski definition) is 0. The molecule has 0 saturated heterocycles. The molecular weight excluding hydrogens is 338 g/mol. The van der Waals surface area contributed by atoms with Crippen molar-refractivity contribution in [2.75, 3.05) is 6.16 Å².